The zero-order chi connectivity index (χ0) is 19.7. The molecule has 0 aromatic heterocycles. The van der Waals surface area contributed by atoms with Crippen molar-refractivity contribution in [2.45, 2.75) is 19.3 Å². The van der Waals surface area contributed by atoms with Crippen LogP contribution in [0.4, 0.5) is 5.69 Å². The molecule has 7 heteroatoms. The van der Waals surface area contributed by atoms with Crippen molar-refractivity contribution in [2.75, 3.05) is 24.6 Å². The van der Waals surface area contributed by atoms with Crippen LogP contribution >= 0.6 is 34.8 Å². The van der Waals surface area contributed by atoms with E-state index in [1.807, 2.05) is 30.3 Å². The Kier molecular flexibility index (Phi) is 5.93. The number of benzene rings is 2. The van der Waals surface area contributed by atoms with Gasteiger partial charge >= 0.3 is 0 Å². The highest BCUT2D eigenvalue weighted by molar-refractivity contribution is 6.43. The molecule has 2 heterocycles. The van der Waals surface area contributed by atoms with Crippen LogP contribution in [0.3, 0.4) is 0 Å². The molecule has 2 aliphatic rings. The van der Waals surface area contributed by atoms with Gasteiger partial charge in [-0.25, -0.2) is 0 Å². The minimum Gasteiger partial charge on any atom is -0.302 e. The SMILES string of the molecule is O=C1[C@H](CN2CCCCC2)C(c2ccccc2)=NN1c1c(Cl)cc(Cl)cc1Cl. The zero-order valence-corrected chi connectivity index (χ0v) is 17.5. The van der Waals surface area contributed by atoms with Crippen LogP contribution in [0.5, 0.6) is 0 Å². The first-order valence-electron chi connectivity index (χ1n) is 9.39. The second kappa shape index (κ2) is 8.42. The second-order valence-corrected chi connectivity index (χ2v) is 8.38. The summed E-state index contributed by atoms with van der Waals surface area (Å²) < 4.78 is 0. The normalized spacial score (nSPS) is 20.5. The second-order valence-electron chi connectivity index (χ2n) is 7.13. The highest BCUT2D eigenvalue weighted by Gasteiger charge is 2.40. The van der Waals surface area contributed by atoms with Crippen LogP contribution in [-0.4, -0.2) is 36.2 Å². The molecular weight excluding hydrogens is 417 g/mol. The van der Waals surface area contributed by atoms with Crippen molar-refractivity contribution < 1.29 is 4.79 Å². The maximum absolute atomic E-state index is 13.4. The first kappa shape index (κ1) is 19.7. The lowest BCUT2D eigenvalue weighted by molar-refractivity contribution is -0.120. The van der Waals surface area contributed by atoms with Gasteiger partial charge < -0.3 is 4.90 Å². The lowest BCUT2D eigenvalue weighted by Gasteiger charge is -2.29. The molecule has 2 aromatic rings. The topological polar surface area (TPSA) is 35.9 Å². The fourth-order valence-corrected chi connectivity index (χ4v) is 4.80. The number of carbonyl (C=O) groups is 1. The summed E-state index contributed by atoms with van der Waals surface area (Å²) in [5, 5.41) is 7.05. The van der Waals surface area contributed by atoms with Crippen molar-refractivity contribution in [1.82, 2.24) is 4.90 Å². The fourth-order valence-electron chi connectivity index (χ4n) is 3.82. The molecule has 1 amide bonds. The average molecular weight is 437 g/mol. The van der Waals surface area contributed by atoms with E-state index >= 15 is 0 Å². The summed E-state index contributed by atoms with van der Waals surface area (Å²) in [5.41, 5.74) is 2.06. The molecule has 2 aromatic carbocycles. The number of amides is 1. The Morgan fingerprint density at radius 2 is 1.61 bits per heavy atom. The minimum absolute atomic E-state index is 0.115. The molecule has 1 saturated heterocycles. The van der Waals surface area contributed by atoms with Gasteiger partial charge in [0, 0.05) is 11.6 Å². The predicted octanol–water partition coefficient (Wildman–Crippen LogP) is 5.50. The van der Waals surface area contributed by atoms with E-state index in [4.69, 9.17) is 34.8 Å². The molecule has 0 unspecified atom stereocenters. The standard InChI is InChI=1S/C21H20Cl3N3O/c22-15-11-17(23)20(18(24)12-15)27-21(28)16(13-26-9-5-2-6-10-26)19(25-27)14-7-3-1-4-8-14/h1,3-4,7-8,11-12,16H,2,5-6,9-10,13H2/t16-/m1/s1. The molecule has 0 radical (unpaired) electrons. The van der Waals surface area contributed by atoms with E-state index in [2.05, 4.69) is 10.0 Å². The van der Waals surface area contributed by atoms with Gasteiger partial charge in [-0.15, -0.1) is 0 Å². The van der Waals surface area contributed by atoms with Crippen LogP contribution in [0.25, 0.3) is 0 Å². The first-order chi connectivity index (χ1) is 13.5. The number of hydrogen-bond donors (Lipinski definition) is 0. The van der Waals surface area contributed by atoms with E-state index in [9.17, 15) is 4.79 Å². The number of rotatable bonds is 4. The Morgan fingerprint density at radius 3 is 2.25 bits per heavy atom. The maximum Gasteiger partial charge on any atom is 0.258 e. The van der Waals surface area contributed by atoms with E-state index in [1.54, 1.807) is 12.1 Å². The number of anilines is 1. The van der Waals surface area contributed by atoms with E-state index in [1.165, 1.54) is 11.4 Å². The highest BCUT2D eigenvalue weighted by Crippen LogP contribution is 2.40. The van der Waals surface area contributed by atoms with Gasteiger partial charge in [-0.1, -0.05) is 71.6 Å². The summed E-state index contributed by atoms with van der Waals surface area (Å²) in [6.45, 7) is 2.66. The van der Waals surface area contributed by atoms with Crippen LogP contribution in [0.15, 0.2) is 47.6 Å². The van der Waals surface area contributed by atoms with E-state index in [0.29, 0.717) is 27.3 Å². The number of hydrazone groups is 1. The molecule has 4 rings (SSSR count). The Labute approximate surface area is 179 Å². The summed E-state index contributed by atoms with van der Waals surface area (Å²) in [6.07, 6.45) is 3.57. The van der Waals surface area contributed by atoms with Gasteiger partial charge in [0.15, 0.2) is 0 Å². The Balaban J connectivity index is 1.73. The number of piperidine rings is 1. The van der Waals surface area contributed by atoms with Crippen molar-refractivity contribution in [2.24, 2.45) is 11.0 Å². The molecule has 0 N–H and O–H groups in total. The number of nitrogens with zero attached hydrogens (tertiary/aromatic N) is 3. The van der Waals surface area contributed by atoms with Gasteiger partial charge in [-0.05, 0) is 43.6 Å². The maximum atomic E-state index is 13.4. The molecular formula is C21H20Cl3N3O. The Bertz CT molecular complexity index is 887. The number of likely N-dealkylation sites (tertiary alicyclic amines) is 1. The fraction of sp³-hybridized carbons (Fsp3) is 0.333. The van der Waals surface area contributed by atoms with Gasteiger partial charge in [-0.3, -0.25) is 4.79 Å². The first-order valence-corrected chi connectivity index (χ1v) is 10.5. The number of hydrogen-bond acceptors (Lipinski definition) is 3. The van der Waals surface area contributed by atoms with Crippen LogP contribution in [0, 0.1) is 5.92 Å². The van der Waals surface area contributed by atoms with Crippen molar-refractivity contribution in [3.63, 3.8) is 0 Å². The molecule has 28 heavy (non-hydrogen) atoms. The zero-order valence-electron chi connectivity index (χ0n) is 15.2. The molecule has 2 aliphatic heterocycles. The lowest BCUT2D eigenvalue weighted by atomic mass is 9.95. The van der Waals surface area contributed by atoms with Gasteiger partial charge in [0.2, 0.25) is 0 Å². The molecule has 0 spiro atoms. The quantitative estimate of drug-likeness (QED) is 0.634. The minimum atomic E-state index is -0.358. The molecule has 4 nitrogen and oxygen atoms in total. The summed E-state index contributed by atoms with van der Waals surface area (Å²) in [4.78, 5) is 15.7. The van der Waals surface area contributed by atoms with E-state index in [-0.39, 0.29) is 11.8 Å². The third kappa shape index (κ3) is 3.92. The molecule has 146 valence electrons. The molecule has 1 atom stereocenters. The van der Waals surface area contributed by atoms with Gasteiger partial charge in [0.05, 0.1) is 21.7 Å². The largest absolute Gasteiger partial charge is 0.302 e. The predicted molar refractivity (Wildman–Crippen MR) is 116 cm³/mol. The van der Waals surface area contributed by atoms with Gasteiger partial charge in [0.25, 0.3) is 5.91 Å². The van der Waals surface area contributed by atoms with Gasteiger partial charge in [-0.2, -0.15) is 10.1 Å². The van der Waals surface area contributed by atoms with Crippen molar-refractivity contribution in [3.8, 4) is 0 Å². The van der Waals surface area contributed by atoms with Crippen LogP contribution < -0.4 is 5.01 Å². The van der Waals surface area contributed by atoms with Crippen LogP contribution in [0.1, 0.15) is 24.8 Å². The van der Waals surface area contributed by atoms with Gasteiger partial charge in [0.1, 0.15) is 5.69 Å². The van der Waals surface area contributed by atoms with E-state index < -0.39 is 0 Å². The number of carbonyl (C=O) groups excluding carboxylic acids is 1. The van der Waals surface area contributed by atoms with Crippen molar-refractivity contribution in [3.05, 3.63) is 63.1 Å². The highest BCUT2D eigenvalue weighted by atomic mass is 35.5. The smallest absolute Gasteiger partial charge is 0.258 e. The van der Waals surface area contributed by atoms with E-state index in [0.717, 1.165) is 37.2 Å². The summed E-state index contributed by atoms with van der Waals surface area (Å²) in [5.74, 6) is -0.473. The Morgan fingerprint density at radius 1 is 0.964 bits per heavy atom. The lowest BCUT2D eigenvalue weighted by Crippen LogP contribution is -2.40. The molecule has 1 fully saturated rings. The summed E-state index contributed by atoms with van der Waals surface area (Å²) >= 11 is 18.8. The Hall–Kier alpha value is -1.59. The summed E-state index contributed by atoms with van der Waals surface area (Å²) in [6, 6.07) is 13.0. The monoisotopic (exact) mass is 435 g/mol. The van der Waals surface area contributed by atoms with Crippen molar-refractivity contribution >= 4 is 52.1 Å². The third-order valence-corrected chi connectivity index (χ3v) is 5.99. The average Bonchev–Trinajstić information content (AvgIpc) is 2.99. The molecule has 0 aliphatic carbocycles. The van der Waals surface area contributed by atoms with Crippen molar-refractivity contribution in [1.29, 1.82) is 0 Å². The molecule has 0 bridgehead atoms. The summed E-state index contributed by atoms with van der Waals surface area (Å²) in [7, 11) is 0. The molecule has 0 saturated carbocycles. The number of halogens is 3. The van der Waals surface area contributed by atoms with Crippen LogP contribution in [-0.2, 0) is 4.79 Å². The third-order valence-electron chi connectivity index (χ3n) is 5.20. The van der Waals surface area contributed by atoms with Crippen LogP contribution in [0.2, 0.25) is 15.1 Å².